The molecule has 0 saturated carbocycles. The molecule has 3 rings (SSSR count). The maximum absolute atomic E-state index is 12.0. The van der Waals surface area contributed by atoms with Crippen LogP contribution in [0, 0.1) is 0 Å². The lowest BCUT2D eigenvalue weighted by Gasteiger charge is -2.36. The summed E-state index contributed by atoms with van der Waals surface area (Å²) in [6.07, 6.45) is 5.32. The van der Waals surface area contributed by atoms with Crippen LogP contribution in [0.15, 0.2) is 6.20 Å². The number of aromatic nitrogens is 2. The molecule has 0 aromatic carbocycles. The van der Waals surface area contributed by atoms with E-state index in [1.807, 2.05) is 0 Å². The van der Waals surface area contributed by atoms with Crippen LogP contribution in [0.4, 0.5) is 0 Å². The van der Waals surface area contributed by atoms with Gasteiger partial charge in [-0.15, -0.1) is 0 Å². The summed E-state index contributed by atoms with van der Waals surface area (Å²) in [7, 11) is 4.25. The number of nitrogens with zero attached hydrogens (tertiary/aromatic N) is 4. The van der Waals surface area contributed by atoms with E-state index in [0.29, 0.717) is 6.42 Å². The molecule has 5 heteroatoms. The van der Waals surface area contributed by atoms with E-state index < -0.39 is 0 Å². The molecule has 1 aromatic rings. The molecular weight excluding hydrogens is 252 g/mol. The third kappa shape index (κ3) is 2.60. The summed E-state index contributed by atoms with van der Waals surface area (Å²) >= 11 is 0. The fourth-order valence-corrected chi connectivity index (χ4v) is 3.02. The predicted octanol–water partition coefficient (Wildman–Crippen LogP) is 1.30. The van der Waals surface area contributed by atoms with E-state index >= 15 is 0 Å². The molecule has 0 bridgehead atoms. The Morgan fingerprint density at radius 3 is 2.85 bits per heavy atom. The molecule has 1 aliphatic carbocycles. The van der Waals surface area contributed by atoms with E-state index in [4.69, 9.17) is 4.98 Å². The van der Waals surface area contributed by atoms with Crippen LogP contribution < -0.4 is 0 Å². The highest BCUT2D eigenvalue weighted by atomic mass is 16.1. The molecule has 2 heterocycles. The monoisotopic (exact) mass is 274 g/mol. The number of hydrogen-bond donors (Lipinski definition) is 0. The fourth-order valence-electron chi connectivity index (χ4n) is 3.02. The average molecular weight is 274 g/mol. The molecule has 1 unspecified atom stereocenters. The van der Waals surface area contributed by atoms with Gasteiger partial charge in [0.15, 0.2) is 5.78 Å². The Hall–Kier alpha value is -1.33. The Bertz CT molecular complexity index is 517. The first-order valence-corrected chi connectivity index (χ1v) is 7.43. The second kappa shape index (κ2) is 5.58. The zero-order chi connectivity index (χ0) is 14.1. The highest BCUT2D eigenvalue weighted by molar-refractivity contribution is 5.97. The zero-order valence-corrected chi connectivity index (χ0v) is 12.3. The van der Waals surface area contributed by atoms with Gasteiger partial charge in [0, 0.05) is 32.3 Å². The van der Waals surface area contributed by atoms with E-state index in [0.717, 1.165) is 56.0 Å². The summed E-state index contributed by atoms with van der Waals surface area (Å²) in [5.74, 6) is 1.07. The smallest absolute Gasteiger partial charge is 0.166 e. The molecule has 108 valence electrons. The van der Waals surface area contributed by atoms with Gasteiger partial charge in [-0.25, -0.2) is 9.97 Å². The number of ketones is 1. The molecule has 0 amide bonds. The lowest BCUT2D eigenvalue weighted by molar-refractivity contribution is 0.0979. The highest BCUT2D eigenvalue weighted by Gasteiger charge is 2.27. The highest BCUT2D eigenvalue weighted by Crippen LogP contribution is 2.24. The standard InChI is InChI=1S/C15H22N4O/c1-18-7-8-19(2)13(10-18)15-16-9-11-12(17-15)5-3-4-6-14(11)20/h9,13H,3-8,10H2,1-2H3. The molecular formula is C15H22N4O. The van der Waals surface area contributed by atoms with Crippen molar-refractivity contribution in [2.24, 2.45) is 0 Å². The predicted molar refractivity (Wildman–Crippen MR) is 76.8 cm³/mol. The quantitative estimate of drug-likeness (QED) is 0.723. The molecule has 20 heavy (non-hydrogen) atoms. The van der Waals surface area contributed by atoms with E-state index in [2.05, 4.69) is 28.9 Å². The van der Waals surface area contributed by atoms with Crippen LogP contribution in [-0.2, 0) is 6.42 Å². The molecule has 1 aromatic heterocycles. The molecule has 0 radical (unpaired) electrons. The van der Waals surface area contributed by atoms with E-state index in [9.17, 15) is 4.79 Å². The summed E-state index contributed by atoms with van der Waals surface area (Å²) < 4.78 is 0. The van der Waals surface area contributed by atoms with E-state index in [1.165, 1.54) is 0 Å². The lowest BCUT2D eigenvalue weighted by Crippen LogP contribution is -2.45. The number of fused-ring (bicyclic) bond motifs is 1. The summed E-state index contributed by atoms with van der Waals surface area (Å²) in [6, 6.07) is 0.234. The van der Waals surface area contributed by atoms with Gasteiger partial charge < -0.3 is 4.90 Å². The summed E-state index contributed by atoms with van der Waals surface area (Å²) in [5.41, 5.74) is 1.71. The Balaban J connectivity index is 1.91. The van der Waals surface area contributed by atoms with Crippen molar-refractivity contribution < 1.29 is 4.79 Å². The van der Waals surface area contributed by atoms with Gasteiger partial charge in [0.25, 0.3) is 0 Å². The number of rotatable bonds is 1. The van der Waals surface area contributed by atoms with Crippen LogP contribution in [0.5, 0.6) is 0 Å². The van der Waals surface area contributed by atoms with Crippen LogP contribution in [0.25, 0.3) is 0 Å². The molecule has 5 nitrogen and oxygen atoms in total. The van der Waals surface area contributed by atoms with Crippen molar-refractivity contribution in [3.8, 4) is 0 Å². The van der Waals surface area contributed by atoms with Crippen molar-refractivity contribution in [3.63, 3.8) is 0 Å². The normalized spacial score (nSPS) is 25.3. The number of carbonyl (C=O) groups excluding carboxylic acids is 1. The maximum Gasteiger partial charge on any atom is 0.166 e. The molecule has 0 spiro atoms. The third-order valence-electron chi connectivity index (χ3n) is 4.40. The van der Waals surface area contributed by atoms with Gasteiger partial charge >= 0.3 is 0 Å². The molecule has 0 N–H and O–H groups in total. The van der Waals surface area contributed by atoms with Crippen LogP contribution in [0.2, 0.25) is 0 Å². The molecule has 1 fully saturated rings. The molecule has 1 saturated heterocycles. The lowest BCUT2D eigenvalue weighted by atomic mass is 10.1. The van der Waals surface area contributed by atoms with Gasteiger partial charge in [0.05, 0.1) is 17.3 Å². The first kappa shape index (κ1) is 13.6. The first-order valence-electron chi connectivity index (χ1n) is 7.43. The van der Waals surface area contributed by atoms with Crippen molar-refractivity contribution in [1.82, 2.24) is 19.8 Å². The maximum atomic E-state index is 12.0. The number of hydrogen-bond acceptors (Lipinski definition) is 5. The minimum absolute atomic E-state index is 0.207. The van der Waals surface area contributed by atoms with Crippen LogP contribution in [-0.4, -0.2) is 59.3 Å². The third-order valence-corrected chi connectivity index (χ3v) is 4.40. The van der Waals surface area contributed by atoms with Gasteiger partial charge in [-0.05, 0) is 33.4 Å². The van der Waals surface area contributed by atoms with Gasteiger partial charge in [-0.3, -0.25) is 9.69 Å². The Kier molecular flexibility index (Phi) is 3.81. The summed E-state index contributed by atoms with van der Waals surface area (Å²) in [4.78, 5) is 25.9. The van der Waals surface area contributed by atoms with Gasteiger partial charge in [0.1, 0.15) is 5.82 Å². The van der Waals surface area contributed by atoms with Crippen molar-refractivity contribution in [1.29, 1.82) is 0 Å². The van der Waals surface area contributed by atoms with Crippen molar-refractivity contribution in [2.45, 2.75) is 31.7 Å². The fraction of sp³-hybridized carbons (Fsp3) is 0.667. The van der Waals surface area contributed by atoms with Gasteiger partial charge in [-0.1, -0.05) is 0 Å². The Morgan fingerprint density at radius 2 is 2.00 bits per heavy atom. The number of aryl methyl sites for hydroxylation is 1. The largest absolute Gasteiger partial charge is 0.303 e. The number of piperazine rings is 1. The minimum Gasteiger partial charge on any atom is -0.303 e. The SMILES string of the molecule is CN1CCN(C)C(c2ncc3c(n2)CCCCC3=O)C1. The molecule has 2 aliphatic rings. The minimum atomic E-state index is 0.207. The van der Waals surface area contributed by atoms with Crippen LogP contribution in [0.1, 0.15) is 47.2 Å². The van der Waals surface area contributed by atoms with E-state index in [1.54, 1.807) is 6.20 Å². The van der Waals surface area contributed by atoms with Crippen molar-refractivity contribution in [3.05, 3.63) is 23.3 Å². The van der Waals surface area contributed by atoms with Crippen molar-refractivity contribution in [2.75, 3.05) is 33.7 Å². The number of carbonyl (C=O) groups is 1. The second-order valence-electron chi connectivity index (χ2n) is 5.98. The molecule has 1 atom stereocenters. The van der Waals surface area contributed by atoms with Crippen LogP contribution >= 0.6 is 0 Å². The average Bonchev–Trinajstić information content (AvgIpc) is 2.63. The van der Waals surface area contributed by atoms with Crippen molar-refractivity contribution >= 4 is 5.78 Å². The Morgan fingerprint density at radius 1 is 1.20 bits per heavy atom. The summed E-state index contributed by atoms with van der Waals surface area (Å²) in [6.45, 7) is 3.06. The molecule has 1 aliphatic heterocycles. The Labute approximate surface area is 120 Å². The summed E-state index contributed by atoms with van der Waals surface area (Å²) in [5, 5.41) is 0. The van der Waals surface area contributed by atoms with E-state index in [-0.39, 0.29) is 11.8 Å². The zero-order valence-electron chi connectivity index (χ0n) is 12.3. The topological polar surface area (TPSA) is 49.3 Å². The number of Topliss-reactive ketones (excluding diaryl/α,β-unsaturated/α-hetero) is 1. The van der Waals surface area contributed by atoms with Crippen LogP contribution in [0.3, 0.4) is 0 Å². The van der Waals surface area contributed by atoms with Gasteiger partial charge in [0.2, 0.25) is 0 Å². The second-order valence-corrected chi connectivity index (χ2v) is 5.98. The first-order chi connectivity index (χ1) is 9.65. The number of likely N-dealkylation sites (N-methyl/N-ethyl adjacent to an activating group) is 2. The van der Waals surface area contributed by atoms with Gasteiger partial charge in [-0.2, -0.15) is 0 Å².